The molecule has 0 aliphatic carbocycles. The van der Waals surface area contributed by atoms with E-state index in [1.54, 1.807) is 24.8 Å². The SMILES string of the molecule is CCC(N)c1ncc(-c2cnccn2)[nH]1. The highest BCUT2D eigenvalue weighted by Crippen LogP contribution is 2.16. The van der Waals surface area contributed by atoms with Crippen molar-refractivity contribution >= 4 is 0 Å². The number of aromatic nitrogens is 4. The van der Waals surface area contributed by atoms with Crippen molar-refractivity contribution in [3.8, 4) is 11.4 Å². The van der Waals surface area contributed by atoms with E-state index in [2.05, 4.69) is 19.9 Å². The predicted octanol–water partition coefficient (Wildman–Crippen LogP) is 1.28. The summed E-state index contributed by atoms with van der Waals surface area (Å²) in [4.78, 5) is 15.5. The van der Waals surface area contributed by atoms with Gasteiger partial charge in [0.1, 0.15) is 11.5 Å². The third kappa shape index (κ3) is 2.02. The summed E-state index contributed by atoms with van der Waals surface area (Å²) in [7, 11) is 0. The van der Waals surface area contributed by atoms with Gasteiger partial charge in [-0.3, -0.25) is 9.97 Å². The number of nitrogens with one attached hydrogen (secondary N) is 1. The van der Waals surface area contributed by atoms with E-state index in [9.17, 15) is 0 Å². The normalized spacial score (nSPS) is 12.7. The van der Waals surface area contributed by atoms with Gasteiger partial charge in [0.25, 0.3) is 0 Å². The summed E-state index contributed by atoms with van der Waals surface area (Å²) in [6, 6.07) is -0.0459. The van der Waals surface area contributed by atoms with E-state index in [1.807, 2.05) is 6.92 Å². The maximum atomic E-state index is 5.86. The van der Waals surface area contributed by atoms with Gasteiger partial charge in [-0.25, -0.2) is 4.98 Å². The molecule has 0 aromatic carbocycles. The molecular formula is C10H13N5. The minimum Gasteiger partial charge on any atom is -0.339 e. The Balaban J connectivity index is 2.28. The van der Waals surface area contributed by atoms with Gasteiger partial charge in [0.2, 0.25) is 0 Å². The molecule has 78 valence electrons. The van der Waals surface area contributed by atoms with Crippen LogP contribution in [0.15, 0.2) is 24.8 Å². The van der Waals surface area contributed by atoms with Gasteiger partial charge < -0.3 is 10.7 Å². The van der Waals surface area contributed by atoms with E-state index >= 15 is 0 Å². The molecule has 2 aromatic heterocycles. The van der Waals surface area contributed by atoms with E-state index in [0.29, 0.717) is 0 Å². The topological polar surface area (TPSA) is 80.5 Å². The van der Waals surface area contributed by atoms with Crippen LogP contribution in [0.2, 0.25) is 0 Å². The summed E-state index contributed by atoms with van der Waals surface area (Å²) in [5.74, 6) is 0.790. The molecule has 0 aliphatic heterocycles. The third-order valence-electron chi connectivity index (χ3n) is 2.23. The highest BCUT2D eigenvalue weighted by atomic mass is 15.0. The molecule has 5 nitrogen and oxygen atoms in total. The standard InChI is InChI=1S/C10H13N5/c1-2-7(11)10-14-6-9(15-10)8-5-12-3-4-13-8/h3-7H,2,11H2,1H3,(H,14,15). The lowest BCUT2D eigenvalue weighted by Crippen LogP contribution is -2.10. The minimum absolute atomic E-state index is 0.0459. The number of aromatic amines is 1. The molecule has 0 amide bonds. The zero-order valence-electron chi connectivity index (χ0n) is 8.51. The summed E-state index contributed by atoms with van der Waals surface area (Å²) in [6.45, 7) is 2.02. The zero-order valence-corrected chi connectivity index (χ0v) is 8.51. The molecule has 2 rings (SSSR count). The Morgan fingerprint density at radius 3 is 2.87 bits per heavy atom. The molecule has 2 heterocycles. The van der Waals surface area contributed by atoms with Crippen molar-refractivity contribution in [2.45, 2.75) is 19.4 Å². The summed E-state index contributed by atoms with van der Waals surface area (Å²) >= 11 is 0. The summed E-state index contributed by atoms with van der Waals surface area (Å²) in [5, 5.41) is 0. The molecule has 1 unspecified atom stereocenters. The van der Waals surface area contributed by atoms with Crippen LogP contribution in [0.25, 0.3) is 11.4 Å². The maximum absolute atomic E-state index is 5.86. The third-order valence-corrected chi connectivity index (χ3v) is 2.23. The lowest BCUT2D eigenvalue weighted by molar-refractivity contribution is 0.658. The second kappa shape index (κ2) is 4.18. The Morgan fingerprint density at radius 1 is 1.33 bits per heavy atom. The second-order valence-corrected chi connectivity index (χ2v) is 3.29. The fraction of sp³-hybridized carbons (Fsp3) is 0.300. The molecule has 15 heavy (non-hydrogen) atoms. The van der Waals surface area contributed by atoms with Crippen LogP contribution in [0.5, 0.6) is 0 Å². The first-order chi connectivity index (χ1) is 7.31. The Labute approximate surface area is 87.8 Å². The van der Waals surface area contributed by atoms with Crippen molar-refractivity contribution in [3.63, 3.8) is 0 Å². The fourth-order valence-corrected chi connectivity index (χ4v) is 1.29. The van der Waals surface area contributed by atoms with Gasteiger partial charge in [0.05, 0.1) is 24.1 Å². The monoisotopic (exact) mass is 203 g/mol. The van der Waals surface area contributed by atoms with Gasteiger partial charge in [0.15, 0.2) is 0 Å². The largest absolute Gasteiger partial charge is 0.339 e. The van der Waals surface area contributed by atoms with Crippen molar-refractivity contribution in [3.05, 3.63) is 30.6 Å². The Morgan fingerprint density at radius 2 is 2.20 bits per heavy atom. The first-order valence-electron chi connectivity index (χ1n) is 4.88. The van der Waals surface area contributed by atoms with Crippen molar-refractivity contribution in [2.24, 2.45) is 5.73 Å². The second-order valence-electron chi connectivity index (χ2n) is 3.29. The van der Waals surface area contributed by atoms with Crippen LogP contribution >= 0.6 is 0 Å². The zero-order chi connectivity index (χ0) is 10.7. The highest BCUT2D eigenvalue weighted by Gasteiger charge is 2.09. The number of nitrogens with zero attached hydrogens (tertiary/aromatic N) is 3. The van der Waals surface area contributed by atoms with Crippen LogP contribution in [0.4, 0.5) is 0 Å². The molecule has 0 bridgehead atoms. The average Bonchev–Trinajstić information content (AvgIpc) is 2.78. The van der Waals surface area contributed by atoms with Crippen LogP contribution in [-0.4, -0.2) is 19.9 Å². The Hall–Kier alpha value is -1.75. The first kappa shape index (κ1) is 9.79. The number of hydrogen-bond donors (Lipinski definition) is 2. The van der Waals surface area contributed by atoms with E-state index in [0.717, 1.165) is 23.6 Å². The van der Waals surface area contributed by atoms with Gasteiger partial charge in [0, 0.05) is 12.4 Å². The van der Waals surface area contributed by atoms with Crippen molar-refractivity contribution in [1.29, 1.82) is 0 Å². The lowest BCUT2D eigenvalue weighted by atomic mass is 10.2. The van der Waals surface area contributed by atoms with Gasteiger partial charge in [-0.2, -0.15) is 0 Å². The van der Waals surface area contributed by atoms with Crippen LogP contribution in [0, 0.1) is 0 Å². The lowest BCUT2D eigenvalue weighted by Gasteiger charge is -2.03. The first-order valence-corrected chi connectivity index (χ1v) is 4.88. The Kier molecular flexibility index (Phi) is 2.73. The van der Waals surface area contributed by atoms with Crippen LogP contribution in [0.1, 0.15) is 25.2 Å². The minimum atomic E-state index is -0.0459. The molecule has 0 radical (unpaired) electrons. The molecule has 0 aliphatic rings. The molecule has 2 aromatic rings. The number of H-pyrrole nitrogens is 1. The van der Waals surface area contributed by atoms with Crippen LogP contribution in [0.3, 0.4) is 0 Å². The van der Waals surface area contributed by atoms with Crippen molar-refractivity contribution in [1.82, 2.24) is 19.9 Å². The summed E-state index contributed by atoms with van der Waals surface area (Å²) in [6.07, 6.45) is 7.56. The average molecular weight is 203 g/mol. The molecule has 0 spiro atoms. The van der Waals surface area contributed by atoms with Crippen LogP contribution < -0.4 is 5.73 Å². The molecule has 5 heteroatoms. The number of rotatable bonds is 3. The number of hydrogen-bond acceptors (Lipinski definition) is 4. The molecular weight excluding hydrogens is 190 g/mol. The molecule has 0 saturated heterocycles. The van der Waals surface area contributed by atoms with E-state index < -0.39 is 0 Å². The highest BCUT2D eigenvalue weighted by molar-refractivity contribution is 5.51. The fourth-order valence-electron chi connectivity index (χ4n) is 1.29. The Bertz CT molecular complexity index is 422. The molecule has 0 fully saturated rings. The van der Waals surface area contributed by atoms with Gasteiger partial charge in [-0.1, -0.05) is 6.92 Å². The quantitative estimate of drug-likeness (QED) is 0.787. The van der Waals surface area contributed by atoms with Crippen LogP contribution in [-0.2, 0) is 0 Å². The summed E-state index contributed by atoms with van der Waals surface area (Å²) in [5.41, 5.74) is 7.48. The van der Waals surface area contributed by atoms with E-state index in [4.69, 9.17) is 5.73 Å². The van der Waals surface area contributed by atoms with Gasteiger partial charge in [-0.05, 0) is 6.42 Å². The van der Waals surface area contributed by atoms with Crippen molar-refractivity contribution in [2.75, 3.05) is 0 Å². The van der Waals surface area contributed by atoms with Gasteiger partial charge >= 0.3 is 0 Å². The smallest absolute Gasteiger partial charge is 0.123 e. The maximum Gasteiger partial charge on any atom is 0.123 e. The molecule has 1 atom stereocenters. The number of imidazole rings is 1. The molecule has 0 saturated carbocycles. The molecule has 3 N–H and O–H groups in total. The van der Waals surface area contributed by atoms with E-state index in [1.165, 1.54) is 0 Å². The van der Waals surface area contributed by atoms with Gasteiger partial charge in [-0.15, -0.1) is 0 Å². The predicted molar refractivity (Wildman–Crippen MR) is 56.8 cm³/mol. The van der Waals surface area contributed by atoms with Crippen molar-refractivity contribution < 1.29 is 0 Å². The van der Waals surface area contributed by atoms with E-state index in [-0.39, 0.29) is 6.04 Å². The number of nitrogens with two attached hydrogens (primary N) is 1. The summed E-state index contributed by atoms with van der Waals surface area (Å²) < 4.78 is 0.